The van der Waals surface area contributed by atoms with Gasteiger partial charge in [0.05, 0.1) is 6.61 Å². The lowest BCUT2D eigenvalue weighted by molar-refractivity contribution is 0.174. The first-order valence-electron chi connectivity index (χ1n) is 15.7. The SMILES string of the molecule is Nc1cc(N2CC3CC2CN3CCOP(O)O)nc(NC[C@H]2CC[C@H](CNCCCNC3CCCCC3)CC2)n1. The number of nitrogens with two attached hydrogens (primary N) is 1. The fourth-order valence-corrected chi connectivity index (χ4v) is 7.48. The lowest BCUT2D eigenvalue weighted by Crippen LogP contribution is -2.47. The van der Waals surface area contributed by atoms with E-state index in [1.54, 1.807) is 0 Å². The maximum absolute atomic E-state index is 8.96. The summed E-state index contributed by atoms with van der Waals surface area (Å²) in [4.78, 5) is 32.0. The van der Waals surface area contributed by atoms with Crippen LogP contribution in [0.5, 0.6) is 0 Å². The second kappa shape index (κ2) is 15.2. The molecule has 2 bridgehead atoms. The zero-order valence-electron chi connectivity index (χ0n) is 24.0. The van der Waals surface area contributed by atoms with Crippen molar-refractivity contribution >= 4 is 26.2 Å². The highest BCUT2D eigenvalue weighted by Gasteiger charge is 2.43. The van der Waals surface area contributed by atoms with E-state index in [9.17, 15) is 0 Å². The molecule has 2 saturated carbocycles. The summed E-state index contributed by atoms with van der Waals surface area (Å²) in [6.07, 6.45) is 14.3. The molecule has 2 atom stereocenters. The van der Waals surface area contributed by atoms with E-state index in [2.05, 4.69) is 30.7 Å². The quantitative estimate of drug-likeness (QED) is 0.135. The third kappa shape index (κ3) is 8.84. The lowest BCUT2D eigenvalue weighted by Gasteiger charge is -2.35. The molecule has 4 fully saturated rings. The van der Waals surface area contributed by atoms with Crippen molar-refractivity contribution in [2.24, 2.45) is 11.8 Å². The van der Waals surface area contributed by atoms with Crippen molar-refractivity contribution in [3.8, 4) is 0 Å². The summed E-state index contributed by atoms with van der Waals surface area (Å²) in [7, 11) is -2.28. The number of hydrogen-bond acceptors (Lipinski definition) is 11. The molecule has 12 heteroatoms. The zero-order valence-corrected chi connectivity index (χ0v) is 24.9. The van der Waals surface area contributed by atoms with Gasteiger partial charge in [-0.05, 0) is 82.8 Å². The summed E-state index contributed by atoms with van der Waals surface area (Å²) in [5, 5.41) is 11.0. The average molecular weight is 579 g/mol. The summed E-state index contributed by atoms with van der Waals surface area (Å²) in [6.45, 7) is 7.18. The van der Waals surface area contributed by atoms with Gasteiger partial charge in [0.1, 0.15) is 11.6 Å². The number of hydrogen-bond donors (Lipinski definition) is 6. The minimum absolute atomic E-state index is 0.340. The molecule has 5 rings (SSSR count). The van der Waals surface area contributed by atoms with Crippen LogP contribution in [-0.4, -0.2) is 95.2 Å². The Morgan fingerprint density at radius 2 is 1.73 bits per heavy atom. The highest BCUT2D eigenvalue weighted by atomic mass is 31.2. The second-order valence-corrected chi connectivity index (χ2v) is 13.1. The zero-order chi connectivity index (χ0) is 27.7. The third-order valence-corrected chi connectivity index (χ3v) is 9.90. The summed E-state index contributed by atoms with van der Waals surface area (Å²) in [5.74, 6) is 3.49. The van der Waals surface area contributed by atoms with Gasteiger partial charge in [-0.1, -0.05) is 19.3 Å². The van der Waals surface area contributed by atoms with Gasteiger partial charge in [-0.15, -0.1) is 0 Å². The van der Waals surface area contributed by atoms with Crippen molar-refractivity contribution in [3.05, 3.63) is 6.07 Å². The van der Waals surface area contributed by atoms with Crippen LogP contribution in [0.2, 0.25) is 0 Å². The highest BCUT2D eigenvalue weighted by Crippen LogP contribution is 2.35. The molecule has 2 aliphatic carbocycles. The van der Waals surface area contributed by atoms with E-state index < -0.39 is 8.60 Å². The fraction of sp³-hybridized carbons (Fsp3) is 0.857. The molecular weight excluding hydrogens is 527 g/mol. The van der Waals surface area contributed by atoms with Crippen molar-refractivity contribution in [1.82, 2.24) is 25.5 Å². The normalized spacial score (nSPS) is 27.6. The van der Waals surface area contributed by atoms with E-state index in [1.807, 2.05) is 6.07 Å². The number of aromatic nitrogens is 2. The van der Waals surface area contributed by atoms with Crippen LogP contribution < -0.4 is 26.6 Å². The third-order valence-electron chi connectivity index (χ3n) is 9.48. The molecular formula is C28H51N8O3P. The van der Waals surface area contributed by atoms with Gasteiger partial charge in [0.2, 0.25) is 5.95 Å². The van der Waals surface area contributed by atoms with Crippen LogP contribution in [-0.2, 0) is 4.52 Å². The molecule has 2 unspecified atom stereocenters. The first-order chi connectivity index (χ1) is 19.5. The molecule has 11 nitrogen and oxygen atoms in total. The number of nitrogens with zero attached hydrogens (tertiary/aromatic N) is 4. The van der Waals surface area contributed by atoms with Crippen molar-refractivity contribution in [1.29, 1.82) is 0 Å². The van der Waals surface area contributed by atoms with Crippen molar-refractivity contribution in [2.75, 3.05) is 68.4 Å². The molecule has 40 heavy (non-hydrogen) atoms. The topological polar surface area (TPSA) is 144 Å². The number of anilines is 3. The number of piperazine rings is 1. The molecule has 0 aromatic carbocycles. The van der Waals surface area contributed by atoms with Crippen molar-refractivity contribution in [3.63, 3.8) is 0 Å². The molecule has 0 spiro atoms. The Morgan fingerprint density at radius 3 is 2.45 bits per heavy atom. The summed E-state index contributed by atoms with van der Waals surface area (Å²) in [6, 6.07) is 3.46. The Bertz CT molecular complexity index is 900. The first-order valence-corrected chi connectivity index (χ1v) is 16.8. The van der Waals surface area contributed by atoms with Crippen LogP contribution in [0.3, 0.4) is 0 Å². The minimum atomic E-state index is -2.28. The van der Waals surface area contributed by atoms with Crippen LogP contribution in [0.25, 0.3) is 0 Å². The molecule has 226 valence electrons. The van der Waals surface area contributed by atoms with E-state index in [0.29, 0.717) is 42.9 Å². The number of likely N-dealkylation sites (tertiary alicyclic amines) is 1. The molecule has 7 N–H and O–H groups in total. The Balaban J connectivity index is 0.966. The molecule has 1 aromatic heterocycles. The predicted molar refractivity (Wildman–Crippen MR) is 161 cm³/mol. The molecule has 1 aromatic rings. The minimum Gasteiger partial charge on any atom is -0.383 e. The maximum Gasteiger partial charge on any atom is 0.327 e. The summed E-state index contributed by atoms with van der Waals surface area (Å²) < 4.78 is 4.95. The Hall–Kier alpha value is -1.33. The standard InChI is InChI=1S/C28H51N8O3P/c29-26-16-27(36-20-24-15-25(36)19-35(24)13-14-39-40(37)38)34-28(33-26)32-18-22-9-7-21(8-10-22)17-30-11-4-12-31-23-5-2-1-3-6-23/h16,21-25,30-31,37-38H,1-15,17-20H2,(H3,29,32,33,34)/t21-,22-,24?,25?. The summed E-state index contributed by atoms with van der Waals surface area (Å²) in [5.41, 5.74) is 6.19. The van der Waals surface area contributed by atoms with E-state index in [0.717, 1.165) is 63.5 Å². The number of rotatable bonds is 15. The van der Waals surface area contributed by atoms with E-state index in [1.165, 1.54) is 64.2 Å². The number of fused-ring (bicyclic) bond motifs is 2. The van der Waals surface area contributed by atoms with Crippen molar-refractivity contribution in [2.45, 2.75) is 88.8 Å². The monoisotopic (exact) mass is 578 g/mol. The average Bonchev–Trinajstić information content (AvgIpc) is 3.56. The van der Waals surface area contributed by atoms with Crippen LogP contribution >= 0.6 is 8.60 Å². The Morgan fingerprint density at radius 1 is 0.950 bits per heavy atom. The van der Waals surface area contributed by atoms with Gasteiger partial charge in [0.15, 0.2) is 0 Å². The molecule has 0 radical (unpaired) electrons. The van der Waals surface area contributed by atoms with Gasteiger partial charge >= 0.3 is 8.60 Å². The van der Waals surface area contributed by atoms with Gasteiger partial charge in [-0.2, -0.15) is 9.97 Å². The van der Waals surface area contributed by atoms with Crippen LogP contribution in [0.4, 0.5) is 17.6 Å². The maximum atomic E-state index is 8.96. The van der Waals surface area contributed by atoms with Gasteiger partial charge in [0.25, 0.3) is 0 Å². The van der Waals surface area contributed by atoms with Gasteiger partial charge < -0.3 is 40.9 Å². The largest absolute Gasteiger partial charge is 0.383 e. The molecule has 0 amide bonds. The number of nitrogens with one attached hydrogen (secondary N) is 3. The van der Waals surface area contributed by atoms with E-state index >= 15 is 0 Å². The van der Waals surface area contributed by atoms with Crippen molar-refractivity contribution < 1.29 is 14.3 Å². The van der Waals surface area contributed by atoms with Gasteiger partial charge in [-0.3, -0.25) is 4.90 Å². The predicted octanol–water partition coefficient (Wildman–Crippen LogP) is 2.67. The van der Waals surface area contributed by atoms with Crippen LogP contribution in [0, 0.1) is 11.8 Å². The molecule has 2 saturated heterocycles. The summed E-state index contributed by atoms with van der Waals surface area (Å²) >= 11 is 0. The lowest BCUT2D eigenvalue weighted by atomic mass is 9.82. The molecule has 2 aliphatic heterocycles. The Labute approximate surface area is 241 Å². The molecule has 4 aliphatic rings. The Kier molecular flexibility index (Phi) is 11.5. The first kappa shape index (κ1) is 30.1. The van der Waals surface area contributed by atoms with Crippen LogP contribution in [0.15, 0.2) is 6.07 Å². The highest BCUT2D eigenvalue weighted by molar-refractivity contribution is 7.39. The fourth-order valence-electron chi connectivity index (χ4n) is 7.23. The second-order valence-electron chi connectivity index (χ2n) is 12.4. The van der Waals surface area contributed by atoms with Gasteiger partial charge in [-0.25, -0.2) is 0 Å². The van der Waals surface area contributed by atoms with Gasteiger partial charge in [0, 0.05) is 50.4 Å². The van der Waals surface area contributed by atoms with E-state index in [-0.39, 0.29) is 0 Å². The molecule has 3 heterocycles. The van der Waals surface area contributed by atoms with E-state index in [4.69, 9.17) is 25.0 Å². The number of nitrogen functional groups attached to an aromatic ring is 1. The smallest absolute Gasteiger partial charge is 0.327 e. The van der Waals surface area contributed by atoms with Crippen LogP contribution in [0.1, 0.15) is 70.6 Å².